The molecule has 0 bridgehead atoms. The average Bonchev–Trinajstić information content (AvgIpc) is 3.41. The molecule has 0 saturated carbocycles. The molecule has 0 atom stereocenters. The van der Waals surface area contributed by atoms with Crippen LogP contribution in [0.1, 0.15) is 17.1 Å². The second-order valence-electron chi connectivity index (χ2n) is 6.15. The summed E-state index contributed by atoms with van der Waals surface area (Å²) in [5.41, 5.74) is 1.23. The van der Waals surface area contributed by atoms with Gasteiger partial charge in [-0.2, -0.15) is 0 Å². The predicted octanol–water partition coefficient (Wildman–Crippen LogP) is 3.87. The van der Waals surface area contributed by atoms with Gasteiger partial charge in [-0.1, -0.05) is 18.2 Å². The van der Waals surface area contributed by atoms with E-state index >= 15 is 0 Å². The van der Waals surface area contributed by atoms with Gasteiger partial charge in [0.25, 0.3) is 0 Å². The van der Waals surface area contributed by atoms with Crippen molar-refractivity contribution in [2.45, 2.75) is 26.1 Å². The van der Waals surface area contributed by atoms with Crippen LogP contribution in [0.3, 0.4) is 0 Å². The van der Waals surface area contributed by atoms with E-state index in [0.717, 1.165) is 10.6 Å². The van der Waals surface area contributed by atoms with E-state index in [4.69, 9.17) is 8.83 Å². The Morgan fingerprint density at radius 1 is 1.07 bits per heavy atom. The molecule has 0 aliphatic rings. The summed E-state index contributed by atoms with van der Waals surface area (Å²) in [5.74, 6) is 0.239. The Morgan fingerprint density at radius 2 is 1.96 bits per heavy atom. The Morgan fingerprint density at radius 3 is 2.74 bits per heavy atom. The van der Waals surface area contributed by atoms with Crippen LogP contribution < -0.4 is 5.76 Å². The van der Waals surface area contributed by atoms with Gasteiger partial charge in [0.15, 0.2) is 5.58 Å². The van der Waals surface area contributed by atoms with Gasteiger partial charge < -0.3 is 13.7 Å². The molecule has 0 spiro atoms. The normalized spacial score (nSPS) is 11.1. The molecule has 3 aromatic heterocycles. The molecule has 4 aromatic rings. The largest absolute Gasteiger partial charge is 0.467 e. The highest BCUT2D eigenvalue weighted by Gasteiger charge is 2.18. The highest BCUT2D eigenvalue weighted by Crippen LogP contribution is 2.17. The summed E-state index contributed by atoms with van der Waals surface area (Å²) in [6, 6.07) is 14.8. The third kappa shape index (κ3) is 3.88. The van der Waals surface area contributed by atoms with Gasteiger partial charge in [-0.25, -0.2) is 4.79 Å². The van der Waals surface area contributed by atoms with Crippen molar-refractivity contribution < 1.29 is 13.6 Å². The second-order valence-corrected chi connectivity index (χ2v) is 7.18. The monoisotopic (exact) mass is 382 g/mol. The smallest absolute Gasteiger partial charge is 0.419 e. The SMILES string of the molecule is O=C(CCn1c(=O)oc2ccccc21)N(Cc1ccco1)Cc1cccs1. The van der Waals surface area contributed by atoms with Crippen LogP contribution in [0.15, 0.2) is 73.8 Å². The number of para-hydroxylation sites is 2. The van der Waals surface area contributed by atoms with Gasteiger partial charge in [0.1, 0.15) is 5.76 Å². The minimum atomic E-state index is -0.445. The maximum atomic E-state index is 12.9. The molecule has 6 nitrogen and oxygen atoms in total. The lowest BCUT2D eigenvalue weighted by atomic mass is 10.3. The van der Waals surface area contributed by atoms with E-state index in [-0.39, 0.29) is 18.9 Å². The number of carbonyl (C=O) groups excluding carboxylic acids is 1. The van der Waals surface area contributed by atoms with E-state index in [9.17, 15) is 9.59 Å². The Balaban J connectivity index is 1.50. The molecule has 1 amide bonds. The molecule has 0 unspecified atom stereocenters. The van der Waals surface area contributed by atoms with Crippen molar-refractivity contribution in [1.29, 1.82) is 0 Å². The minimum Gasteiger partial charge on any atom is -0.467 e. The summed E-state index contributed by atoms with van der Waals surface area (Å²) in [6.45, 7) is 1.18. The molecular formula is C20H18N2O4S. The third-order valence-corrected chi connectivity index (χ3v) is 5.19. The van der Waals surface area contributed by atoms with Gasteiger partial charge in [0.2, 0.25) is 5.91 Å². The van der Waals surface area contributed by atoms with Crippen LogP contribution in [0.4, 0.5) is 0 Å². The van der Waals surface area contributed by atoms with Crippen molar-refractivity contribution in [3.63, 3.8) is 0 Å². The van der Waals surface area contributed by atoms with E-state index in [0.29, 0.717) is 24.2 Å². The topological polar surface area (TPSA) is 68.6 Å². The first kappa shape index (κ1) is 17.4. The first-order valence-electron chi connectivity index (χ1n) is 8.61. The van der Waals surface area contributed by atoms with Crippen LogP contribution in [0.25, 0.3) is 11.1 Å². The molecule has 0 N–H and O–H groups in total. The number of nitrogens with zero attached hydrogens (tertiary/aromatic N) is 2. The van der Waals surface area contributed by atoms with Crippen LogP contribution in [0.2, 0.25) is 0 Å². The number of rotatable bonds is 7. The lowest BCUT2D eigenvalue weighted by Crippen LogP contribution is -2.31. The van der Waals surface area contributed by atoms with Gasteiger partial charge in [0.05, 0.1) is 24.9 Å². The summed E-state index contributed by atoms with van der Waals surface area (Å²) in [4.78, 5) is 27.8. The number of benzene rings is 1. The Hall–Kier alpha value is -3.06. The first-order chi connectivity index (χ1) is 13.2. The minimum absolute atomic E-state index is 0.0445. The Kier molecular flexibility index (Phi) is 4.93. The van der Waals surface area contributed by atoms with Crippen molar-refractivity contribution in [3.8, 4) is 0 Å². The number of fused-ring (bicyclic) bond motifs is 1. The van der Waals surface area contributed by atoms with E-state index in [1.807, 2.05) is 41.8 Å². The molecule has 27 heavy (non-hydrogen) atoms. The van der Waals surface area contributed by atoms with Gasteiger partial charge in [-0.3, -0.25) is 9.36 Å². The van der Waals surface area contributed by atoms with Crippen molar-refractivity contribution in [3.05, 3.63) is 81.4 Å². The molecule has 138 valence electrons. The molecular weight excluding hydrogens is 364 g/mol. The number of amides is 1. The average molecular weight is 382 g/mol. The van der Waals surface area contributed by atoms with Crippen LogP contribution in [-0.4, -0.2) is 15.4 Å². The number of furan rings is 1. The highest BCUT2D eigenvalue weighted by atomic mass is 32.1. The van der Waals surface area contributed by atoms with E-state index < -0.39 is 5.76 Å². The van der Waals surface area contributed by atoms with Crippen molar-refractivity contribution in [2.75, 3.05) is 0 Å². The maximum absolute atomic E-state index is 12.9. The van der Waals surface area contributed by atoms with Crippen molar-refractivity contribution >= 4 is 28.3 Å². The number of thiophene rings is 1. The highest BCUT2D eigenvalue weighted by molar-refractivity contribution is 7.09. The lowest BCUT2D eigenvalue weighted by Gasteiger charge is -2.21. The summed E-state index contributed by atoms with van der Waals surface area (Å²) >= 11 is 1.61. The van der Waals surface area contributed by atoms with Crippen LogP contribution >= 0.6 is 11.3 Å². The molecule has 0 saturated heterocycles. The fourth-order valence-corrected chi connectivity index (χ4v) is 3.72. The van der Waals surface area contributed by atoms with Gasteiger partial charge >= 0.3 is 5.76 Å². The Bertz CT molecular complexity index is 1040. The summed E-state index contributed by atoms with van der Waals surface area (Å²) < 4.78 is 12.1. The Labute approximate surface area is 159 Å². The summed E-state index contributed by atoms with van der Waals surface area (Å²) in [7, 11) is 0. The number of hydrogen-bond donors (Lipinski definition) is 0. The first-order valence-corrected chi connectivity index (χ1v) is 9.49. The number of oxazole rings is 1. The molecule has 3 heterocycles. The van der Waals surface area contributed by atoms with Crippen molar-refractivity contribution in [1.82, 2.24) is 9.47 Å². The van der Waals surface area contributed by atoms with Crippen LogP contribution in [-0.2, 0) is 24.4 Å². The quantitative estimate of drug-likeness (QED) is 0.487. The molecule has 0 aliphatic carbocycles. The standard InChI is InChI=1S/C20H18N2O4S/c23-19(9-10-22-17-7-1-2-8-18(17)26-20(22)24)21(13-15-5-3-11-25-15)14-16-6-4-12-27-16/h1-8,11-12H,9-10,13-14H2. The molecule has 0 aliphatic heterocycles. The zero-order chi connectivity index (χ0) is 18.6. The van der Waals surface area contributed by atoms with Gasteiger partial charge in [0, 0.05) is 17.8 Å². The van der Waals surface area contributed by atoms with Gasteiger partial charge in [-0.15, -0.1) is 11.3 Å². The van der Waals surface area contributed by atoms with Gasteiger partial charge in [-0.05, 0) is 35.7 Å². The molecule has 0 radical (unpaired) electrons. The van der Waals surface area contributed by atoms with Crippen LogP contribution in [0.5, 0.6) is 0 Å². The number of carbonyl (C=O) groups is 1. The maximum Gasteiger partial charge on any atom is 0.419 e. The summed E-state index contributed by atoms with van der Waals surface area (Å²) in [5, 5.41) is 1.99. The number of aromatic nitrogens is 1. The van der Waals surface area contributed by atoms with E-state index in [1.54, 1.807) is 34.6 Å². The summed E-state index contributed by atoms with van der Waals surface area (Å²) in [6.07, 6.45) is 1.80. The van der Waals surface area contributed by atoms with Crippen molar-refractivity contribution in [2.24, 2.45) is 0 Å². The zero-order valence-electron chi connectivity index (χ0n) is 14.5. The fraction of sp³-hybridized carbons (Fsp3) is 0.200. The van der Waals surface area contributed by atoms with E-state index in [2.05, 4.69) is 0 Å². The number of aryl methyl sites for hydroxylation is 1. The fourth-order valence-electron chi connectivity index (χ4n) is 3.00. The molecule has 0 fully saturated rings. The predicted molar refractivity (Wildman–Crippen MR) is 102 cm³/mol. The van der Waals surface area contributed by atoms with Crippen LogP contribution in [0, 0.1) is 0 Å². The van der Waals surface area contributed by atoms with E-state index in [1.165, 1.54) is 4.57 Å². The third-order valence-electron chi connectivity index (χ3n) is 4.33. The molecule has 4 rings (SSSR count). The zero-order valence-corrected chi connectivity index (χ0v) is 15.4. The molecule has 7 heteroatoms. The lowest BCUT2D eigenvalue weighted by molar-refractivity contribution is -0.132. The second kappa shape index (κ2) is 7.67. The number of hydrogen-bond acceptors (Lipinski definition) is 5. The molecule has 1 aromatic carbocycles.